The molecule has 3 aromatic rings. The molecule has 1 atom stereocenters. The maximum atomic E-state index is 12.9. The Morgan fingerprint density at radius 3 is 2.60 bits per heavy atom. The van der Waals surface area contributed by atoms with Gasteiger partial charge in [-0.3, -0.25) is 9.59 Å². The van der Waals surface area contributed by atoms with Crippen LogP contribution < -0.4 is 5.32 Å². The van der Waals surface area contributed by atoms with Crippen LogP contribution in [0, 0.1) is 13.8 Å². The van der Waals surface area contributed by atoms with Crippen LogP contribution in [0.2, 0.25) is 0 Å². The molecule has 2 heterocycles. The van der Waals surface area contributed by atoms with E-state index in [2.05, 4.69) is 10.4 Å². The van der Waals surface area contributed by atoms with Gasteiger partial charge in [-0.15, -0.1) is 11.8 Å². The van der Waals surface area contributed by atoms with Crippen LogP contribution in [-0.2, 0) is 16.1 Å². The van der Waals surface area contributed by atoms with E-state index < -0.39 is 5.25 Å². The zero-order chi connectivity index (χ0) is 21.3. The minimum Gasteiger partial charge on any atom is -0.341 e. The molecule has 4 rings (SSSR count). The van der Waals surface area contributed by atoms with E-state index in [1.165, 1.54) is 11.8 Å². The van der Waals surface area contributed by atoms with E-state index in [4.69, 9.17) is 0 Å². The number of anilines is 1. The summed E-state index contributed by atoms with van der Waals surface area (Å²) in [6.07, 6.45) is 0.159. The number of rotatable bonds is 5. The van der Waals surface area contributed by atoms with E-state index in [9.17, 15) is 9.59 Å². The summed E-state index contributed by atoms with van der Waals surface area (Å²) in [7, 11) is 1.78. The molecular formula is C23H24N4O2S. The molecule has 1 aliphatic rings. The summed E-state index contributed by atoms with van der Waals surface area (Å²) >= 11 is 1.45. The number of para-hydroxylation sites is 2. The first kappa shape index (κ1) is 20.2. The molecule has 0 saturated heterocycles. The lowest BCUT2D eigenvalue weighted by molar-refractivity contribution is -0.131. The number of fused-ring (bicyclic) bond motifs is 1. The van der Waals surface area contributed by atoms with Crippen LogP contribution in [-0.4, -0.2) is 38.8 Å². The van der Waals surface area contributed by atoms with Crippen molar-refractivity contribution in [3.63, 3.8) is 0 Å². The zero-order valence-electron chi connectivity index (χ0n) is 17.3. The second-order valence-electron chi connectivity index (χ2n) is 7.44. The summed E-state index contributed by atoms with van der Waals surface area (Å²) < 4.78 is 1.91. The molecule has 0 spiro atoms. The van der Waals surface area contributed by atoms with E-state index >= 15 is 0 Å². The standard InChI is InChI=1S/C23H24N4O2S/c1-15-18(16(2)27(25-15)17-9-5-4-6-10-17)14-26(3)22(28)13-21-23(29)24-19-11-7-8-12-20(19)30-21/h4-12,21H,13-14H2,1-3H3,(H,24,29). The van der Waals surface area contributed by atoms with Gasteiger partial charge in [-0.05, 0) is 38.1 Å². The predicted molar refractivity (Wildman–Crippen MR) is 119 cm³/mol. The van der Waals surface area contributed by atoms with Crippen LogP contribution >= 0.6 is 11.8 Å². The molecule has 2 aromatic carbocycles. The fourth-order valence-corrected chi connectivity index (χ4v) is 4.69. The van der Waals surface area contributed by atoms with Crippen molar-refractivity contribution in [2.45, 2.75) is 37.0 Å². The van der Waals surface area contributed by atoms with Crippen LogP contribution in [0.4, 0.5) is 5.69 Å². The Hall–Kier alpha value is -3.06. The second kappa shape index (κ2) is 8.36. The number of hydrogen-bond donors (Lipinski definition) is 1. The number of nitrogens with one attached hydrogen (secondary N) is 1. The lowest BCUT2D eigenvalue weighted by Crippen LogP contribution is -2.35. The highest BCUT2D eigenvalue weighted by molar-refractivity contribution is 8.01. The third kappa shape index (κ3) is 3.98. The number of carbonyl (C=O) groups is 2. The minimum absolute atomic E-state index is 0.0618. The Labute approximate surface area is 180 Å². The van der Waals surface area contributed by atoms with Crippen molar-refractivity contribution in [2.75, 3.05) is 12.4 Å². The highest BCUT2D eigenvalue weighted by Gasteiger charge is 2.30. The molecule has 154 valence electrons. The average Bonchev–Trinajstić information content (AvgIpc) is 3.03. The van der Waals surface area contributed by atoms with Gasteiger partial charge < -0.3 is 10.2 Å². The zero-order valence-corrected chi connectivity index (χ0v) is 18.1. The predicted octanol–water partition coefficient (Wildman–Crippen LogP) is 3.95. The van der Waals surface area contributed by atoms with Crippen molar-refractivity contribution in [1.29, 1.82) is 0 Å². The summed E-state index contributed by atoms with van der Waals surface area (Å²) in [4.78, 5) is 28.0. The number of aryl methyl sites for hydroxylation is 1. The van der Waals surface area contributed by atoms with Gasteiger partial charge in [-0.25, -0.2) is 4.68 Å². The Morgan fingerprint density at radius 2 is 1.83 bits per heavy atom. The quantitative estimate of drug-likeness (QED) is 0.679. The summed E-state index contributed by atoms with van der Waals surface area (Å²) in [6.45, 7) is 4.43. The van der Waals surface area contributed by atoms with Crippen molar-refractivity contribution < 1.29 is 9.59 Å². The van der Waals surface area contributed by atoms with Crippen LogP contribution in [0.15, 0.2) is 59.5 Å². The SMILES string of the molecule is Cc1nn(-c2ccccc2)c(C)c1CN(C)C(=O)CC1Sc2ccccc2NC1=O. The van der Waals surface area contributed by atoms with Crippen LogP contribution in [0.5, 0.6) is 0 Å². The largest absolute Gasteiger partial charge is 0.341 e. The highest BCUT2D eigenvalue weighted by atomic mass is 32.2. The molecule has 0 bridgehead atoms. The van der Waals surface area contributed by atoms with Crippen molar-refractivity contribution in [2.24, 2.45) is 0 Å². The molecule has 1 N–H and O–H groups in total. The van der Waals surface area contributed by atoms with Gasteiger partial charge in [-0.1, -0.05) is 30.3 Å². The van der Waals surface area contributed by atoms with Gasteiger partial charge >= 0.3 is 0 Å². The lowest BCUT2D eigenvalue weighted by atomic mass is 10.1. The molecule has 0 aliphatic carbocycles. The Morgan fingerprint density at radius 1 is 1.13 bits per heavy atom. The van der Waals surface area contributed by atoms with Gasteiger partial charge in [0, 0.05) is 36.2 Å². The first-order chi connectivity index (χ1) is 14.4. The molecular weight excluding hydrogens is 396 g/mol. The minimum atomic E-state index is -0.427. The van der Waals surface area contributed by atoms with Gasteiger partial charge in [0.1, 0.15) is 0 Å². The average molecular weight is 421 g/mol. The van der Waals surface area contributed by atoms with Crippen molar-refractivity contribution in [3.8, 4) is 5.69 Å². The molecule has 0 radical (unpaired) electrons. The Balaban J connectivity index is 1.46. The second-order valence-corrected chi connectivity index (χ2v) is 8.69. The molecule has 0 fully saturated rings. The molecule has 7 heteroatoms. The molecule has 2 amide bonds. The van der Waals surface area contributed by atoms with Gasteiger partial charge in [0.2, 0.25) is 11.8 Å². The van der Waals surface area contributed by atoms with E-state index in [0.717, 1.165) is 33.2 Å². The summed E-state index contributed by atoms with van der Waals surface area (Å²) in [6, 6.07) is 17.6. The van der Waals surface area contributed by atoms with Gasteiger partial charge in [0.25, 0.3) is 0 Å². The number of benzene rings is 2. The smallest absolute Gasteiger partial charge is 0.238 e. The number of nitrogens with zero attached hydrogens (tertiary/aromatic N) is 3. The highest BCUT2D eigenvalue weighted by Crippen LogP contribution is 2.36. The topological polar surface area (TPSA) is 67.2 Å². The summed E-state index contributed by atoms with van der Waals surface area (Å²) in [5, 5.41) is 7.13. The van der Waals surface area contributed by atoms with Gasteiger partial charge in [0.05, 0.1) is 22.3 Å². The van der Waals surface area contributed by atoms with E-state index in [0.29, 0.717) is 6.54 Å². The molecule has 1 unspecified atom stereocenters. The van der Waals surface area contributed by atoms with E-state index in [1.54, 1.807) is 11.9 Å². The fourth-order valence-electron chi connectivity index (χ4n) is 3.59. The van der Waals surface area contributed by atoms with Crippen LogP contribution in [0.25, 0.3) is 5.69 Å². The first-order valence-electron chi connectivity index (χ1n) is 9.85. The lowest BCUT2D eigenvalue weighted by Gasteiger charge is -2.25. The normalized spacial score (nSPS) is 15.4. The molecule has 0 saturated carbocycles. The Kier molecular flexibility index (Phi) is 5.63. The number of aromatic nitrogens is 2. The number of amides is 2. The van der Waals surface area contributed by atoms with Crippen molar-refractivity contribution in [1.82, 2.24) is 14.7 Å². The number of hydrogen-bond acceptors (Lipinski definition) is 4. The molecule has 1 aliphatic heterocycles. The summed E-state index contributed by atoms with van der Waals surface area (Å²) in [5.41, 5.74) is 4.74. The third-order valence-electron chi connectivity index (χ3n) is 5.33. The molecule has 6 nitrogen and oxygen atoms in total. The van der Waals surface area contributed by atoms with Gasteiger partial charge in [0.15, 0.2) is 0 Å². The fraction of sp³-hybridized carbons (Fsp3) is 0.261. The molecule has 30 heavy (non-hydrogen) atoms. The van der Waals surface area contributed by atoms with Crippen molar-refractivity contribution in [3.05, 3.63) is 71.5 Å². The maximum Gasteiger partial charge on any atom is 0.238 e. The summed E-state index contributed by atoms with van der Waals surface area (Å²) in [5.74, 6) is -0.182. The first-order valence-corrected chi connectivity index (χ1v) is 10.7. The number of carbonyl (C=O) groups excluding carboxylic acids is 2. The monoisotopic (exact) mass is 420 g/mol. The maximum absolute atomic E-state index is 12.9. The molecule has 1 aromatic heterocycles. The van der Waals surface area contributed by atoms with E-state index in [-0.39, 0.29) is 18.2 Å². The Bertz CT molecular complexity index is 1090. The number of thioether (sulfide) groups is 1. The van der Waals surface area contributed by atoms with Crippen molar-refractivity contribution >= 4 is 29.3 Å². The van der Waals surface area contributed by atoms with E-state index in [1.807, 2.05) is 73.1 Å². The third-order valence-corrected chi connectivity index (χ3v) is 6.60. The van der Waals surface area contributed by atoms with Crippen LogP contribution in [0.1, 0.15) is 23.4 Å². The van der Waals surface area contributed by atoms with Crippen LogP contribution in [0.3, 0.4) is 0 Å². The van der Waals surface area contributed by atoms with Gasteiger partial charge in [-0.2, -0.15) is 5.10 Å².